The molecule has 1 aromatic heterocycles. The van der Waals surface area contributed by atoms with E-state index >= 15 is 0 Å². The van der Waals surface area contributed by atoms with Crippen LogP contribution in [0.5, 0.6) is 5.75 Å². The lowest BCUT2D eigenvalue weighted by Gasteiger charge is -2.20. The number of carbonyl (C=O) groups excluding carboxylic acids is 3. The maximum absolute atomic E-state index is 13.0. The van der Waals surface area contributed by atoms with Gasteiger partial charge in [0.2, 0.25) is 5.91 Å². The average molecular weight is 496 g/mol. The molecule has 1 N–H and O–H groups in total. The van der Waals surface area contributed by atoms with E-state index in [9.17, 15) is 36.0 Å². The number of aromatic nitrogens is 1. The lowest BCUT2D eigenvalue weighted by molar-refractivity contribution is -0.275. The van der Waals surface area contributed by atoms with E-state index in [1.165, 1.54) is 16.3 Å². The molecule has 32 heavy (non-hydrogen) atoms. The summed E-state index contributed by atoms with van der Waals surface area (Å²) in [4.78, 5) is 38.7. The number of esters is 2. The lowest BCUT2D eigenvalue weighted by atomic mass is 9.94. The van der Waals surface area contributed by atoms with Gasteiger partial charge in [-0.2, -0.15) is 0 Å². The second-order valence-electron chi connectivity index (χ2n) is 5.91. The molecule has 15 heteroatoms. The molecule has 0 saturated carbocycles. The Bertz CT molecular complexity index is 1120. The van der Waals surface area contributed by atoms with Crippen molar-refractivity contribution in [2.24, 2.45) is 0 Å². The van der Waals surface area contributed by atoms with Crippen molar-refractivity contribution in [1.29, 1.82) is 0 Å². The van der Waals surface area contributed by atoms with Crippen LogP contribution in [0.15, 0.2) is 28.6 Å². The quantitative estimate of drug-likeness (QED) is 0.450. The average Bonchev–Trinajstić information content (AvgIpc) is 3.20. The van der Waals surface area contributed by atoms with Crippen LogP contribution < -0.4 is 9.46 Å². The third-order valence-electron chi connectivity index (χ3n) is 3.76. The molecule has 1 heterocycles. The number of alkyl halides is 3. The van der Waals surface area contributed by atoms with Crippen molar-refractivity contribution in [1.82, 2.24) is 9.71 Å². The summed E-state index contributed by atoms with van der Waals surface area (Å²) in [6, 6.07) is 1.25. The molecule has 2 aromatic rings. The van der Waals surface area contributed by atoms with Gasteiger partial charge in [-0.3, -0.25) is 14.4 Å². The Hall–Kier alpha value is -3.20. The van der Waals surface area contributed by atoms with E-state index in [2.05, 4.69) is 19.2 Å². The van der Waals surface area contributed by atoms with Gasteiger partial charge in [0.25, 0.3) is 10.0 Å². The number of nitrogens with zero attached hydrogens (tertiary/aromatic N) is 1. The smallest absolute Gasteiger partial charge is 0.468 e. The van der Waals surface area contributed by atoms with Crippen molar-refractivity contribution in [3.05, 3.63) is 29.3 Å². The van der Waals surface area contributed by atoms with Crippen LogP contribution in [0.4, 0.5) is 13.2 Å². The number of nitrogens with one attached hydrogen (secondary N) is 1. The van der Waals surface area contributed by atoms with Crippen LogP contribution >= 0.6 is 11.3 Å². The van der Waals surface area contributed by atoms with E-state index in [0.29, 0.717) is 12.1 Å². The molecule has 0 spiro atoms. The molecule has 0 aliphatic carbocycles. The molecular weight excluding hydrogens is 481 g/mol. The highest BCUT2D eigenvalue weighted by Gasteiger charge is 2.39. The summed E-state index contributed by atoms with van der Waals surface area (Å²) in [5.74, 6) is -6.56. The maximum Gasteiger partial charge on any atom is 0.573 e. The zero-order valence-electron chi connectivity index (χ0n) is 16.6. The van der Waals surface area contributed by atoms with Gasteiger partial charge in [-0.1, -0.05) is 0 Å². The Labute approximate surface area is 183 Å². The zero-order valence-corrected chi connectivity index (χ0v) is 18.2. The van der Waals surface area contributed by atoms with Crippen LogP contribution in [0.25, 0.3) is 10.6 Å². The number of methoxy groups -OCH3 is 2. The number of rotatable bonds is 7. The Balaban J connectivity index is 2.95. The van der Waals surface area contributed by atoms with Gasteiger partial charge in [0.05, 0.1) is 14.2 Å². The first-order chi connectivity index (χ1) is 14.8. The van der Waals surface area contributed by atoms with Gasteiger partial charge in [-0.25, -0.2) is 18.1 Å². The highest BCUT2D eigenvalue weighted by atomic mass is 32.2. The number of carbonyl (C=O) groups is 3. The van der Waals surface area contributed by atoms with E-state index < -0.39 is 56.4 Å². The Morgan fingerprint density at radius 3 is 2.16 bits per heavy atom. The minimum absolute atomic E-state index is 0.0355. The maximum atomic E-state index is 13.0. The summed E-state index contributed by atoms with van der Waals surface area (Å²) in [6.07, 6.45) is -4.02. The van der Waals surface area contributed by atoms with Gasteiger partial charge >= 0.3 is 18.3 Å². The molecule has 0 unspecified atom stereocenters. The highest BCUT2D eigenvalue weighted by Crippen LogP contribution is 2.40. The second kappa shape index (κ2) is 9.52. The van der Waals surface area contributed by atoms with E-state index in [4.69, 9.17) is 0 Å². The molecule has 0 radical (unpaired) electrons. The normalized spacial score (nSPS) is 11.7. The van der Waals surface area contributed by atoms with Gasteiger partial charge in [-0.05, 0) is 17.7 Å². The fourth-order valence-electron chi connectivity index (χ4n) is 2.60. The fraction of sp³-hybridized carbons (Fsp3) is 0.294. The standard InChI is InChI=1S/C17H15F3N2O8S2/c1-8(23)22-32(26,27)12-7-9(13(15(24)28-2)16(25)29-3)10(14-21-4-5-31-14)6-11(12)30-17(18,19)20/h4-7,13H,1-3H3,(H,22,23). The summed E-state index contributed by atoms with van der Waals surface area (Å²) < 4.78 is 78.7. The van der Waals surface area contributed by atoms with Crippen LogP contribution in [0.1, 0.15) is 18.4 Å². The molecular formula is C17H15F3N2O8S2. The van der Waals surface area contributed by atoms with Gasteiger partial charge in [0.15, 0.2) is 11.7 Å². The summed E-state index contributed by atoms with van der Waals surface area (Å²) in [7, 11) is -3.03. The first kappa shape index (κ1) is 25.1. The highest BCUT2D eigenvalue weighted by molar-refractivity contribution is 7.90. The van der Waals surface area contributed by atoms with E-state index in [0.717, 1.165) is 32.5 Å². The van der Waals surface area contributed by atoms with E-state index in [1.807, 2.05) is 0 Å². The fourth-order valence-corrected chi connectivity index (χ4v) is 4.41. The Morgan fingerprint density at radius 2 is 1.72 bits per heavy atom. The molecule has 10 nitrogen and oxygen atoms in total. The zero-order chi connectivity index (χ0) is 24.3. The predicted octanol–water partition coefficient (Wildman–Crippen LogP) is 1.96. The summed E-state index contributed by atoms with van der Waals surface area (Å²) in [5.41, 5.74) is -0.612. The summed E-state index contributed by atoms with van der Waals surface area (Å²) >= 11 is 0.926. The summed E-state index contributed by atoms with van der Waals surface area (Å²) in [6.45, 7) is 0.818. The van der Waals surface area contributed by atoms with E-state index in [-0.39, 0.29) is 10.6 Å². The van der Waals surface area contributed by atoms with Crippen molar-refractivity contribution < 1.29 is 50.2 Å². The number of benzene rings is 1. The van der Waals surface area contributed by atoms with Gasteiger partial charge < -0.3 is 14.2 Å². The van der Waals surface area contributed by atoms with Crippen LogP contribution in [-0.4, -0.2) is 51.8 Å². The Morgan fingerprint density at radius 1 is 1.12 bits per heavy atom. The number of hydrogen-bond donors (Lipinski definition) is 1. The molecule has 1 amide bonds. The van der Waals surface area contributed by atoms with Crippen molar-refractivity contribution in [3.63, 3.8) is 0 Å². The van der Waals surface area contributed by atoms with Crippen LogP contribution in [0, 0.1) is 0 Å². The third-order valence-corrected chi connectivity index (χ3v) is 6.02. The van der Waals surface area contributed by atoms with Crippen LogP contribution in [0.2, 0.25) is 0 Å². The lowest BCUT2D eigenvalue weighted by Crippen LogP contribution is -2.30. The summed E-state index contributed by atoms with van der Waals surface area (Å²) in [5, 5.41) is 1.49. The monoisotopic (exact) mass is 496 g/mol. The molecule has 0 fully saturated rings. The second-order valence-corrected chi connectivity index (χ2v) is 8.46. The van der Waals surface area contributed by atoms with Gasteiger partial charge in [0, 0.05) is 24.1 Å². The van der Waals surface area contributed by atoms with Crippen LogP contribution in [-0.2, 0) is 33.9 Å². The topological polar surface area (TPSA) is 138 Å². The van der Waals surface area contributed by atoms with Crippen LogP contribution in [0.3, 0.4) is 0 Å². The number of thiazole rings is 1. The predicted molar refractivity (Wildman–Crippen MR) is 102 cm³/mol. The number of halogens is 3. The van der Waals surface area contributed by atoms with Crippen molar-refractivity contribution in [2.75, 3.05) is 14.2 Å². The molecule has 0 aliphatic rings. The minimum Gasteiger partial charge on any atom is -0.468 e. The number of ether oxygens (including phenoxy) is 3. The van der Waals surface area contributed by atoms with Crippen molar-refractivity contribution >= 4 is 39.2 Å². The van der Waals surface area contributed by atoms with Crippen molar-refractivity contribution in [2.45, 2.75) is 24.1 Å². The largest absolute Gasteiger partial charge is 0.573 e. The first-order valence-corrected chi connectivity index (χ1v) is 10.7. The SMILES string of the molecule is COC(=O)C(C(=O)OC)c1cc(S(=O)(=O)NC(C)=O)c(OC(F)(F)F)cc1-c1nccs1. The molecule has 0 saturated heterocycles. The number of amides is 1. The Kier molecular flexibility index (Phi) is 7.46. The first-order valence-electron chi connectivity index (χ1n) is 8.33. The molecule has 0 atom stereocenters. The van der Waals surface area contributed by atoms with Gasteiger partial charge in [-0.15, -0.1) is 24.5 Å². The number of sulfonamides is 1. The third kappa shape index (κ3) is 5.73. The van der Waals surface area contributed by atoms with E-state index in [1.54, 1.807) is 0 Å². The van der Waals surface area contributed by atoms with Gasteiger partial charge in [0.1, 0.15) is 9.90 Å². The molecule has 174 valence electrons. The molecule has 0 aliphatic heterocycles. The molecule has 2 rings (SSSR count). The van der Waals surface area contributed by atoms with Crippen molar-refractivity contribution in [3.8, 4) is 16.3 Å². The molecule has 1 aromatic carbocycles. The molecule has 0 bridgehead atoms. The number of hydrogen-bond acceptors (Lipinski definition) is 10. The minimum atomic E-state index is -5.31.